The van der Waals surface area contributed by atoms with E-state index in [1.54, 1.807) is 6.20 Å². The van der Waals surface area contributed by atoms with Crippen molar-refractivity contribution < 1.29 is 0 Å². The van der Waals surface area contributed by atoms with Crippen molar-refractivity contribution in [2.45, 2.75) is 6.92 Å². The Morgan fingerprint density at radius 2 is 1.80 bits per heavy atom. The highest BCUT2D eigenvalue weighted by Crippen LogP contribution is 2.21. The van der Waals surface area contributed by atoms with Gasteiger partial charge in [-0.05, 0) is 29.7 Å². The van der Waals surface area contributed by atoms with E-state index in [9.17, 15) is 0 Å². The maximum Gasteiger partial charge on any atom is 0.105 e. The van der Waals surface area contributed by atoms with Crippen molar-refractivity contribution in [3.05, 3.63) is 71.5 Å². The Bertz CT molecular complexity index is 710. The number of hydrogen-bond donors (Lipinski definition) is 1. The quantitative estimate of drug-likeness (QED) is 0.775. The molecule has 0 saturated heterocycles. The summed E-state index contributed by atoms with van der Waals surface area (Å²) in [5.41, 5.74) is 5.72. The fourth-order valence-electron chi connectivity index (χ4n) is 2.08. The Morgan fingerprint density at radius 1 is 0.950 bits per heavy atom. The third-order valence-corrected chi connectivity index (χ3v) is 3.14. The summed E-state index contributed by atoms with van der Waals surface area (Å²) >= 11 is 0. The minimum atomic E-state index is 0.827. The molecule has 3 nitrogen and oxygen atoms in total. The van der Waals surface area contributed by atoms with E-state index in [1.807, 2.05) is 12.2 Å². The van der Waals surface area contributed by atoms with E-state index in [4.69, 9.17) is 0 Å². The minimum Gasteiger partial charge on any atom is -0.197 e. The van der Waals surface area contributed by atoms with E-state index < -0.39 is 0 Å². The third-order valence-electron chi connectivity index (χ3n) is 3.14. The van der Waals surface area contributed by atoms with Crippen LogP contribution in [0, 0.1) is 6.92 Å². The first kappa shape index (κ1) is 12.4. The zero-order chi connectivity index (χ0) is 13.8. The van der Waals surface area contributed by atoms with Gasteiger partial charge in [-0.2, -0.15) is 15.4 Å². The number of hydrogen-bond acceptors (Lipinski definition) is 2. The molecule has 0 aliphatic rings. The average Bonchev–Trinajstić information content (AvgIpc) is 2.99. The number of aromatic nitrogens is 3. The lowest BCUT2D eigenvalue weighted by Crippen LogP contribution is -1.80. The number of benzene rings is 2. The molecular weight excluding hydrogens is 246 g/mol. The minimum absolute atomic E-state index is 0.827. The van der Waals surface area contributed by atoms with E-state index in [2.05, 4.69) is 70.9 Å². The van der Waals surface area contributed by atoms with Crippen LogP contribution in [0.1, 0.15) is 16.8 Å². The van der Waals surface area contributed by atoms with Gasteiger partial charge in [0.2, 0.25) is 0 Å². The Labute approximate surface area is 118 Å². The molecule has 3 aromatic rings. The van der Waals surface area contributed by atoms with Gasteiger partial charge in [0, 0.05) is 0 Å². The standard InChI is InChI=1S/C17H15N3/c1-13-3-2-4-16(11-13)15-8-5-14(6-9-15)7-10-17-12-18-20-19-17/h2-12H,1H3,(H,18,19,20). The van der Waals surface area contributed by atoms with Crippen LogP contribution in [-0.4, -0.2) is 15.4 Å². The fraction of sp³-hybridized carbons (Fsp3) is 0.0588. The van der Waals surface area contributed by atoms with Crippen molar-refractivity contribution >= 4 is 12.2 Å². The molecule has 1 heterocycles. The number of aromatic amines is 1. The lowest BCUT2D eigenvalue weighted by atomic mass is 10.0. The van der Waals surface area contributed by atoms with Crippen LogP contribution in [0.5, 0.6) is 0 Å². The summed E-state index contributed by atoms with van der Waals surface area (Å²) in [5, 5.41) is 10.3. The van der Waals surface area contributed by atoms with Crippen molar-refractivity contribution in [3.8, 4) is 11.1 Å². The van der Waals surface area contributed by atoms with Crippen molar-refractivity contribution in [1.82, 2.24) is 15.4 Å². The summed E-state index contributed by atoms with van der Waals surface area (Å²) in [5.74, 6) is 0. The number of nitrogens with zero attached hydrogens (tertiary/aromatic N) is 2. The Kier molecular flexibility index (Phi) is 3.42. The first-order chi connectivity index (χ1) is 9.81. The largest absolute Gasteiger partial charge is 0.197 e. The van der Waals surface area contributed by atoms with Crippen LogP contribution >= 0.6 is 0 Å². The Balaban J connectivity index is 1.81. The van der Waals surface area contributed by atoms with Crippen LogP contribution in [0.15, 0.2) is 54.7 Å². The predicted molar refractivity (Wildman–Crippen MR) is 81.9 cm³/mol. The lowest BCUT2D eigenvalue weighted by Gasteiger charge is -2.03. The number of aryl methyl sites for hydroxylation is 1. The molecule has 98 valence electrons. The van der Waals surface area contributed by atoms with Gasteiger partial charge >= 0.3 is 0 Å². The van der Waals surface area contributed by atoms with Gasteiger partial charge in [-0.25, -0.2) is 0 Å². The molecule has 0 radical (unpaired) electrons. The molecule has 0 spiro atoms. The average molecular weight is 261 g/mol. The maximum absolute atomic E-state index is 3.98. The summed E-state index contributed by atoms with van der Waals surface area (Å²) < 4.78 is 0. The van der Waals surface area contributed by atoms with E-state index in [1.165, 1.54) is 16.7 Å². The van der Waals surface area contributed by atoms with Gasteiger partial charge in [-0.1, -0.05) is 60.2 Å². The lowest BCUT2D eigenvalue weighted by molar-refractivity contribution is 0.937. The second kappa shape index (κ2) is 5.53. The van der Waals surface area contributed by atoms with Gasteiger partial charge in [-0.3, -0.25) is 0 Å². The van der Waals surface area contributed by atoms with E-state index in [0.717, 1.165) is 11.3 Å². The first-order valence-corrected chi connectivity index (χ1v) is 6.52. The van der Waals surface area contributed by atoms with Crippen molar-refractivity contribution in [3.63, 3.8) is 0 Å². The van der Waals surface area contributed by atoms with Crippen LogP contribution in [-0.2, 0) is 0 Å². The number of H-pyrrole nitrogens is 1. The molecule has 0 unspecified atom stereocenters. The predicted octanol–water partition coefficient (Wildman–Crippen LogP) is 3.95. The van der Waals surface area contributed by atoms with E-state index in [0.29, 0.717) is 0 Å². The van der Waals surface area contributed by atoms with E-state index in [-0.39, 0.29) is 0 Å². The Morgan fingerprint density at radius 3 is 2.50 bits per heavy atom. The summed E-state index contributed by atoms with van der Waals surface area (Å²) in [7, 11) is 0. The maximum atomic E-state index is 3.98. The first-order valence-electron chi connectivity index (χ1n) is 6.52. The molecule has 0 bridgehead atoms. The molecule has 1 aromatic heterocycles. The normalized spacial score (nSPS) is 11.1. The number of rotatable bonds is 3. The third kappa shape index (κ3) is 2.83. The number of nitrogens with one attached hydrogen (secondary N) is 1. The Hall–Kier alpha value is -2.68. The molecule has 1 N–H and O–H groups in total. The second-order valence-electron chi connectivity index (χ2n) is 4.72. The zero-order valence-electron chi connectivity index (χ0n) is 11.2. The summed E-state index contributed by atoms with van der Waals surface area (Å²) in [6.45, 7) is 2.11. The molecule has 3 rings (SSSR count). The van der Waals surface area contributed by atoms with Gasteiger partial charge < -0.3 is 0 Å². The van der Waals surface area contributed by atoms with Crippen LogP contribution in [0.4, 0.5) is 0 Å². The molecule has 0 aliphatic heterocycles. The van der Waals surface area contributed by atoms with Crippen LogP contribution in [0.2, 0.25) is 0 Å². The van der Waals surface area contributed by atoms with Gasteiger partial charge in [0.25, 0.3) is 0 Å². The van der Waals surface area contributed by atoms with Gasteiger partial charge in [-0.15, -0.1) is 0 Å². The van der Waals surface area contributed by atoms with Gasteiger partial charge in [0.1, 0.15) is 5.69 Å². The van der Waals surface area contributed by atoms with Crippen LogP contribution < -0.4 is 0 Å². The molecule has 0 aliphatic carbocycles. The molecule has 2 aromatic carbocycles. The van der Waals surface area contributed by atoms with Crippen LogP contribution in [0.25, 0.3) is 23.3 Å². The summed E-state index contributed by atoms with van der Waals surface area (Å²) in [4.78, 5) is 0. The molecule has 0 amide bonds. The molecule has 3 heteroatoms. The molecular formula is C17H15N3. The highest BCUT2D eigenvalue weighted by Gasteiger charge is 1.97. The van der Waals surface area contributed by atoms with Crippen molar-refractivity contribution in [1.29, 1.82) is 0 Å². The summed E-state index contributed by atoms with van der Waals surface area (Å²) in [6, 6.07) is 17.0. The smallest absolute Gasteiger partial charge is 0.105 e. The van der Waals surface area contributed by atoms with Gasteiger partial charge in [0.05, 0.1) is 6.20 Å². The molecule has 20 heavy (non-hydrogen) atoms. The zero-order valence-corrected chi connectivity index (χ0v) is 11.2. The van der Waals surface area contributed by atoms with Gasteiger partial charge in [0.15, 0.2) is 0 Å². The van der Waals surface area contributed by atoms with E-state index >= 15 is 0 Å². The fourth-order valence-corrected chi connectivity index (χ4v) is 2.08. The molecule has 0 atom stereocenters. The topological polar surface area (TPSA) is 41.6 Å². The second-order valence-corrected chi connectivity index (χ2v) is 4.72. The SMILES string of the molecule is Cc1cccc(-c2ccc(C=Cc3cn[nH]n3)cc2)c1. The highest BCUT2D eigenvalue weighted by atomic mass is 15.3. The van der Waals surface area contributed by atoms with Crippen LogP contribution in [0.3, 0.4) is 0 Å². The highest BCUT2D eigenvalue weighted by molar-refractivity contribution is 5.71. The monoisotopic (exact) mass is 261 g/mol. The van der Waals surface area contributed by atoms with Crippen molar-refractivity contribution in [2.24, 2.45) is 0 Å². The van der Waals surface area contributed by atoms with Crippen molar-refractivity contribution in [2.75, 3.05) is 0 Å². The molecule has 0 fully saturated rings. The molecule has 0 saturated carbocycles. The summed E-state index contributed by atoms with van der Waals surface area (Å²) in [6.07, 6.45) is 5.65.